The van der Waals surface area contributed by atoms with E-state index >= 15 is 0 Å². The SMILES string of the molecule is CCn1c(-c2cccc3ccccc23)ccc(P(=O)(O)O)c1=O. The molecule has 0 fully saturated rings. The highest BCUT2D eigenvalue weighted by Crippen LogP contribution is 2.33. The van der Waals surface area contributed by atoms with E-state index in [2.05, 4.69) is 0 Å². The van der Waals surface area contributed by atoms with Gasteiger partial charge in [0.2, 0.25) is 0 Å². The summed E-state index contributed by atoms with van der Waals surface area (Å²) < 4.78 is 12.9. The molecule has 2 N–H and O–H groups in total. The number of benzene rings is 2. The summed E-state index contributed by atoms with van der Waals surface area (Å²) in [5.74, 6) is 0. The van der Waals surface area contributed by atoms with Crippen LogP contribution >= 0.6 is 7.60 Å². The van der Waals surface area contributed by atoms with Gasteiger partial charge in [-0.2, -0.15) is 0 Å². The molecule has 3 aromatic rings. The fourth-order valence-electron chi connectivity index (χ4n) is 2.79. The summed E-state index contributed by atoms with van der Waals surface area (Å²) in [6, 6.07) is 16.4. The van der Waals surface area contributed by atoms with Crippen molar-refractivity contribution in [3.8, 4) is 11.3 Å². The molecule has 118 valence electrons. The van der Waals surface area contributed by atoms with Crippen LogP contribution in [0.5, 0.6) is 0 Å². The van der Waals surface area contributed by atoms with E-state index in [1.807, 2.05) is 42.5 Å². The highest BCUT2D eigenvalue weighted by molar-refractivity contribution is 7.60. The number of nitrogens with zero attached hydrogens (tertiary/aromatic N) is 1. The number of pyridine rings is 1. The fraction of sp³-hybridized carbons (Fsp3) is 0.118. The van der Waals surface area contributed by atoms with E-state index in [9.17, 15) is 19.1 Å². The van der Waals surface area contributed by atoms with E-state index in [4.69, 9.17) is 0 Å². The highest BCUT2D eigenvalue weighted by Gasteiger charge is 2.23. The van der Waals surface area contributed by atoms with Crippen molar-refractivity contribution in [2.24, 2.45) is 0 Å². The molecule has 2 aromatic carbocycles. The second-order valence-electron chi connectivity index (χ2n) is 5.22. The number of rotatable bonds is 3. The van der Waals surface area contributed by atoms with Crippen molar-refractivity contribution in [2.75, 3.05) is 0 Å². The van der Waals surface area contributed by atoms with Crippen molar-refractivity contribution >= 4 is 23.7 Å². The van der Waals surface area contributed by atoms with E-state index < -0.39 is 18.5 Å². The maximum absolute atomic E-state index is 12.4. The first-order chi connectivity index (χ1) is 10.9. The molecule has 0 aliphatic carbocycles. The largest absolute Gasteiger partial charge is 0.361 e. The van der Waals surface area contributed by atoms with Gasteiger partial charge in [0, 0.05) is 12.1 Å². The van der Waals surface area contributed by atoms with Crippen LogP contribution in [0.15, 0.2) is 59.4 Å². The zero-order valence-corrected chi connectivity index (χ0v) is 13.4. The van der Waals surface area contributed by atoms with Crippen LogP contribution in [0.4, 0.5) is 0 Å². The second-order valence-corrected chi connectivity index (χ2v) is 6.79. The molecule has 0 atom stereocenters. The average Bonchev–Trinajstić information content (AvgIpc) is 2.52. The summed E-state index contributed by atoms with van der Waals surface area (Å²) in [4.78, 5) is 31.1. The molecule has 23 heavy (non-hydrogen) atoms. The first-order valence-corrected chi connectivity index (χ1v) is 8.83. The Kier molecular flexibility index (Phi) is 3.94. The van der Waals surface area contributed by atoms with Gasteiger partial charge in [0.05, 0.1) is 5.69 Å². The highest BCUT2D eigenvalue weighted by atomic mass is 31.2. The summed E-state index contributed by atoms with van der Waals surface area (Å²) >= 11 is 0. The fourth-order valence-corrected chi connectivity index (χ4v) is 3.43. The molecule has 5 nitrogen and oxygen atoms in total. The molecule has 0 aliphatic rings. The standard InChI is InChI=1S/C17H16NO4P/c1-2-18-15(10-11-16(17(18)19)23(20,21)22)14-9-5-7-12-6-3-4-8-13(12)14/h3-11H,2H2,1H3,(H2,20,21,22). The third-order valence-electron chi connectivity index (χ3n) is 3.85. The van der Waals surface area contributed by atoms with Crippen molar-refractivity contribution in [1.29, 1.82) is 0 Å². The van der Waals surface area contributed by atoms with Gasteiger partial charge in [-0.25, -0.2) is 0 Å². The third kappa shape index (κ3) is 2.75. The zero-order valence-electron chi connectivity index (χ0n) is 12.5. The van der Waals surface area contributed by atoms with Crippen molar-refractivity contribution in [2.45, 2.75) is 13.5 Å². The monoisotopic (exact) mass is 329 g/mol. The van der Waals surface area contributed by atoms with Gasteiger partial charge in [0.25, 0.3) is 5.56 Å². The molecule has 0 bridgehead atoms. The van der Waals surface area contributed by atoms with Crippen LogP contribution in [0.2, 0.25) is 0 Å². The lowest BCUT2D eigenvalue weighted by Gasteiger charge is -2.15. The molecule has 0 saturated heterocycles. The topological polar surface area (TPSA) is 79.5 Å². The first kappa shape index (κ1) is 15.7. The van der Waals surface area contributed by atoms with Gasteiger partial charge < -0.3 is 14.4 Å². The smallest absolute Gasteiger partial charge is 0.321 e. The Morgan fingerprint density at radius 1 is 1.00 bits per heavy atom. The quantitative estimate of drug-likeness (QED) is 0.724. The summed E-state index contributed by atoms with van der Waals surface area (Å²) in [6.45, 7) is 2.10. The van der Waals surface area contributed by atoms with Gasteiger partial charge in [-0.05, 0) is 29.8 Å². The average molecular weight is 329 g/mol. The molecule has 0 saturated carbocycles. The predicted octanol–water partition coefficient (Wildman–Crippen LogP) is 2.49. The predicted molar refractivity (Wildman–Crippen MR) is 91.0 cm³/mol. The Morgan fingerprint density at radius 2 is 1.70 bits per heavy atom. The molecular weight excluding hydrogens is 313 g/mol. The van der Waals surface area contributed by atoms with Gasteiger partial charge in [0.15, 0.2) is 0 Å². The normalized spacial score (nSPS) is 11.8. The maximum atomic E-state index is 12.4. The lowest BCUT2D eigenvalue weighted by atomic mass is 10.0. The summed E-state index contributed by atoms with van der Waals surface area (Å²) in [5, 5.41) is 1.56. The molecular formula is C17H16NO4P. The van der Waals surface area contributed by atoms with E-state index in [1.165, 1.54) is 10.6 Å². The molecule has 3 rings (SSSR count). The van der Waals surface area contributed by atoms with E-state index in [0.29, 0.717) is 12.2 Å². The first-order valence-electron chi connectivity index (χ1n) is 7.21. The lowest BCUT2D eigenvalue weighted by Crippen LogP contribution is -2.34. The Morgan fingerprint density at radius 3 is 2.39 bits per heavy atom. The molecule has 6 heteroatoms. The number of fused-ring (bicyclic) bond motifs is 1. The molecule has 0 spiro atoms. The molecule has 0 radical (unpaired) electrons. The minimum atomic E-state index is -4.59. The maximum Gasteiger partial charge on any atom is 0.361 e. The van der Waals surface area contributed by atoms with Crippen molar-refractivity contribution in [3.63, 3.8) is 0 Å². The van der Waals surface area contributed by atoms with Gasteiger partial charge in [-0.1, -0.05) is 42.5 Å². The Hall–Kier alpha value is -2.20. The van der Waals surface area contributed by atoms with Gasteiger partial charge in [-0.15, -0.1) is 0 Å². The van der Waals surface area contributed by atoms with Crippen LogP contribution in [0.25, 0.3) is 22.0 Å². The van der Waals surface area contributed by atoms with E-state index in [1.54, 1.807) is 13.0 Å². The third-order valence-corrected chi connectivity index (χ3v) is 4.82. The van der Waals surface area contributed by atoms with E-state index in [-0.39, 0.29) is 0 Å². The minimum absolute atomic E-state index is 0.325. The van der Waals surface area contributed by atoms with Crippen LogP contribution in [0, 0.1) is 0 Å². The summed E-state index contributed by atoms with van der Waals surface area (Å²) in [7, 11) is -4.59. The summed E-state index contributed by atoms with van der Waals surface area (Å²) in [6.07, 6.45) is 0. The molecule has 0 amide bonds. The van der Waals surface area contributed by atoms with Crippen molar-refractivity contribution in [1.82, 2.24) is 4.57 Å². The Balaban J connectivity index is 2.34. The number of hydrogen-bond donors (Lipinski definition) is 2. The van der Waals surface area contributed by atoms with Crippen molar-refractivity contribution < 1.29 is 14.4 Å². The van der Waals surface area contributed by atoms with Crippen LogP contribution in [0.1, 0.15) is 6.92 Å². The second kappa shape index (κ2) is 5.78. The number of hydrogen-bond acceptors (Lipinski definition) is 2. The van der Waals surface area contributed by atoms with Gasteiger partial charge >= 0.3 is 7.60 Å². The summed E-state index contributed by atoms with van der Waals surface area (Å²) in [5.41, 5.74) is 0.858. The molecule has 0 unspecified atom stereocenters. The van der Waals surface area contributed by atoms with Gasteiger partial charge in [-0.3, -0.25) is 9.36 Å². The van der Waals surface area contributed by atoms with Crippen molar-refractivity contribution in [3.05, 3.63) is 65.0 Å². The van der Waals surface area contributed by atoms with E-state index in [0.717, 1.165) is 16.3 Å². The number of aromatic nitrogens is 1. The molecule has 0 aliphatic heterocycles. The van der Waals surface area contributed by atoms with Crippen LogP contribution in [0.3, 0.4) is 0 Å². The van der Waals surface area contributed by atoms with Crippen LogP contribution in [-0.4, -0.2) is 14.4 Å². The van der Waals surface area contributed by atoms with Crippen LogP contribution < -0.4 is 10.9 Å². The van der Waals surface area contributed by atoms with Gasteiger partial charge in [0.1, 0.15) is 5.30 Å². The lowest BCUT2D eigenvalue weighted by molar-refractivity contribution is 0.386. The Bertz CT molecular complexity index is 982. The Labute approximate surface area is 133 Å². The van der Waals surface area contributed by atoms with Crippen LogP contribution in [-0.2, 0) is 11.1 Å². The molecule has 1 aromatic heterocycles. The molecule has 1 heterocycles. The zero-order chi connectivity index (χ0) is 16.6. The minimum Gasteiger partial charge on any atom is -0.321 e.